The number of nitrogens with one attached hydrogen (secondary N) is 2. The number of hydrogen-bond donors (Lipinski definition) is 2. The largest absolute Gasteiger partial charge is 0.379 e. The molecule has 0 aliphatic carbocycles. The third-order valence-corrected chi connectivity index (χ3v) is 2.90. The lowest BCUT2D eigenvalue weighted by molar-refractivity contribution is 0.477. The Bertz CT molecular complexity index is 337. The summed E-state index contributed by atoms with van der Waals surface area (Å²) in [6.45, 7) is 1.93. The van der Waals surface area contributed by atoms with E-state index >= 15 is 0 Å². The predicted octanol–water partition coefficient (Wildman–Crippen LogP) is 2.64. The Hall–Kier alpha value is -0.800. The molecule has 1 unspecified atom stereocenters. The van der Waals surface area contributed by atoms with Crippen molar-refractivity contribution in [2.24, 2.45) is 0 Å². The molecule has 1 fully saturated rings. The topological polar surface area (TPSA) is 24.1 Å². The van der Waals surface area contributed by atoms with Crippen LogP contribution in [0.5, 0.6) is 0 Å². The molecule has 0 amide bonds. The second-order valence-corrected chi connectivity index (χ2v) is 4.20. The van der Waals surface area contributed by atoms with Gasteiger partial charge in [-0.05, 0) is 31.5 Å². The molecule has 1 atom stereocenters. The van der Waals surface area contributed by atoms with Crippen LogP contribution < -0.4 is 10.6 Å². The van der Waals surface area contributed by atoms with Crippen molar-refractivity contribution in [1.29, 1.82) is 0 Å². The lowest BCUT2D eigenvalue weighted by atomic mass is 10.1. The lowest BCUT2D eigenvalue weighted by Crippen LogP contribution is -2.38. The fourth-order valence-electron chi connectivity index (χ4n) is 1.81. The van der Waals surface area contributed by atoms with E-state index in [-0.39, 0.29) is 10.8 Å². The average molecular weight is 229 g/mol. The van der Waals surface area contributed by atoms with Crippen molar-refractivity contribution in [2.45, 2.75) is 18.9 Å². The summed E-state index contributed by atoms with van der Waals surface area (Å²) < 4.78 is 13.5. The fourth-order valence-corrected chi connectivity index (χ4v) is 1.98. The Morgan fingerprint density at radius 3 is 3.07 bits per heavy atom. The third kappa shape index (κ3) is 2.61. The molecule has 0 spiro atoms. The van der Waals surface area contributed by atoms with Crippen LogP contribution in [-0.4, -0.2) is 19.1 Å². The molecule has 0 aromatic heterocycles. The van der Waals surface area contributed by atoms with E-state index in [4.69, 9.17) is 11.6 Å². The van der Waals surface area contributed by atoms with Crippen LogP contribution in [0, 0.1) is 5.82 Å². The van der Waals surface area contributed by atoms with Crippen molar-refractivity contribution < 1.29 is 4.39 Å². The van der Waals surface area contributed by atoms with Crippen LogP contribution in [0.15, 0.2) is 18.2 Å². The zero-order valence-corrected chi connectivity index (χ0v) is 9.15. The van der Waals surface area contributed by atoms with E-state index in [0.29, 0.717) is 11.7 Å². The van der Waals surface area contributed by atoms with Crippen LogP contribution in [0.3, 0.4) is 0 Å². The lowest BCUT2D eigenvalue weighted by Gasteiger charge is -2.25. The number of rotatable bonds is 2. The van der Waals surface area contributed by atoms with Gasteiger partial charge in [-0.2, -0.15) is 0 Å². The Labute approximate surface area is 93.8 Å². The number of hydrogen-bond acceptors (Lipinski definition) is 2. The van der Waals surface area contributed by atoms with E-state index in [0.717, 1.165) is 25.9 Å². The second-order valence-electron chi connectivity index (χ2n) is 3.79. The molecule has 1 saturated heterocycles. The summed E-state index contributed by atoms with van der Waals surface area (Å²) in [5.74, 6) is -0.357. The maximum Gasteiger partial charge on any atom is 0.164 e. The van der Waals surface area contributed by atoms with Gasteiger partial charge in [0.05, 0.1) is 10.7 Å². The number of anilines is 1. The minimum atomic E-state index is -0.357. The monoisotopic (exact) mass is 228 g/mol. The highest BCUT2D eigenvalue weighted by Gasteiger charge is 2.14. The Balaban J connectivity index is 2.06. The molecule has 1 aliphatic rings. The predicted molar refractivity (Wildman–Crippen MR) is 60.9 cm³/mol. The van der Waals surface area contributed by atoms with Crippen LogP contribution in [0.1, 0.15) is 12.8 Å². The van der Waals surface area contributed by atoms with Gasteiger partial charge in [-0.25, -0.2) is 4.39 Å². The smallest absolute Gasteiger partial charge is 0.164 e. The SMILES string of the molecule is Fc1c(Cl)cccc1NC1CCCNC1. The molecule has 2 nitrogen and oxygen atoms in total. The molecule has 1 aromatic rings. The highest BCUT2D eigenvalue weighted by Crippen LogP contribution is 2.23. The molecule has 4 heteroatoms. The molecule has 82 valence electrons. The van der Waals surface area contributed by atoms with Crippen molar-refractivity contribution in [2.75, 3.05) is 18.4 Å². The molecule has 0 bridgehead atoms. The molecular formula is C11H14ClFN2. The summed E-state index contributed by atoms with van der Waals surface area (Å²) in [5.41, 5.74) is 0.496. The molecule has 2 rings (SSSR count). The zero-order valence-electron chi connectivity index (χ0n) is 8.39. The van der Waals surface area contributed by atoms with Gasteiger partial charge in [0.2, 0.25) is 0 Å². The average Bonchev–Trinajstić information content (AvgIpc) is 2.26. The molecule has 1 aliphatic heterocycles. The Morgan fingerprint density at radius 2 is 2.33 bits per heavy atom. The van der Waals surface area contributed by atoms with E-state index in [9.17, 15) is 4.39 Å². The molecule has 15 heavy (non-hydrogen) atoms. The van der Waals surface area contributed by atoms with Crippen molar-refractivity contribution in [3.8, 4) is 0 Å². The van der Waals surface area contributed by atoms with Crippen LogP contribution in [0.2, 0.25) is 5.02 Å². The number of halogens is 2. The molecule has 0 radical (unpaired) electrons. The Morgan fingerprint density at radius 1 is 1.47 bits per heavy atom. The van der Waals surface area contributed by atoms with Crippen molar-refractivity contribution in [1.82, 2.24) is 5.32 Å². The third-order valence-electron chi connectivity index (χ3n) is 2.61. The van der Waals surface area contributed by atoms with Gasteiger partial charge in [0.1, 0.15) is 0 Å². The first-order valence-electron chi connectivity index (χ1n) is 5.18. The van der Waals surface area contributed by atoms with Gasteiger partial charge >= 0.3 is 0 Å². The summed E-state index contributed by atoms with van der Waals surface area (Å²) >= 11 is 5.70. The Kier molecular flexibility index (Phi) is 3.44. The van der Waals surface area contributed by atoms with Crippen LogP contribution >= 0.6 is 11.6 Å². The van der Waals surface area contributed by atoms with E-state index in [1.807, 2.05) is 0 Å². The first-order valence-corrected chi connectivity index (χ1v) is 5.56. The van der Waals surface area contributed by atoms with Gasteiger partial charge in [-0.1, -0.05) is 17.7 Å². The summed E-state index contributed by atoms with van der Waals surface area (Å²) in [6.07, 6.45) is 2.19. The maximum absolute atomic E-state index is 13.5. The van der Waals surface area contributed by atoms with Gasteiger partial charge in [-0.15, -0.1) is 0 Å². The maximum atomic E-state index is 13.5. The highest BCUT2D eigenvalue weighted by molar-refractivity contribution is 6.31. The van der Waals surface area contributed by atoms with Gasteiger partial charge < -0.3 is 10.6 Å². The summed E-state index contributed by atoms with van der Waals surface area (Å²) in [7, 11) is 0. The first kappa shape index (κ1) is 10.7. The quantitative estimate of drug-likeness (QED) is 0.813. The van der Waals surface area contributed by atoms with Crippen molar-refractivity contribution >= 4 is 17.3 Å². The highest BCUT2D eigenvalue weighted by atomic mass is 35.5. The molecule has 2 N–H and O–H groups in total. The van der Waals surface area contributed by atoms with Gasteiger partial charge in [0.15, 0.2) is 5.82 Å². The molecule has 1 heterocycles. The summed E-state index contributed by atoms with van der Waals surface area (Å²) in [6, 6.07) is 5.33. The number of benzene rings is 1. The normalized spacial score (nSPS) is 21.3. The van der Waals surface area contributed by atoms with Gasteiger partial charge in [0.25, 0.3) is 0 Å². The van der Waals surface area contributed by atoms with Gasteiger partial charge in [-0.3, -0.25) is 0 Å². The van der Waals surface area contributed by atoms with Crippen LogP contribution in [0.4, 0.5) is 10.1 Å². The van der Waals surface area contributed by atoms with E-state index in [1.165, 1.54) is 0 Å². The van der Waals surface area contributed by atoms with Crippen LogP contribution in [-0.2, 0) is 0 Å². The minimum Gasteiger partial charge on any atom is -0.379 e. The van der Waals surface area contributed by atoms with Crippen LogP contribution in [0.25, 0.3) is 0 Å². The van der Waals surface area contributed by atoms with Gasteiger partial charge in [0, 0.05) is 12.6 Å². The molecule has 0 saturated carbocycles. The summed E-state index contributed by atoms with van der Waals surface area (Å²) in [4.78, 5) is 0. The van der Waals surface area contributed by atoms with E-state index in [2.05, 4.69) is 10.6 Å². The minimum absolute atomic E-state index is 0.170. The zero-order chi connectivity index (χ0) is 10.7. The van der Waals surface area contributed by atoms with E-state index < -0.39 is 0 Å². The molecular weight excluding hydrogens is 215 g/mol. The van der Waals surface area contributed by atoms with Crippen molar-refractivity contribution in [3.63, 3.8) is 0 Å². The first-order chi connectivity index (χ1) is 7.27. The number of piperidine rings is 1. The van der Waals surface area contributed by atoms with Crippen molar-refractivity contribution in [3.05, 3.63) is 29.0 Å². The summed E-state index contributed by atoms with van der Waals surface area (Å²) in [5, 5.41) is 6.61. The molecule has 1 aromatic carbocycles. The standard InChI is InChI=1S/C11H14ClFN2/c12-9-4-1-5-10(11(9)13)15-8-3-2-6-14-7-8/h1,4-5,8,14-15H,2-3,6-7H2. The van der Waals surface area contributed by atoms with E-state index in [1.54, 1.807) is 18.2 Å². The fraction of sp³-hybridized carbons (Fsp3) is 0.455. The second kappa shape index (κ2) is 4.81.